The van der Waals surface area contributed by atoms with Crippen LogP contribution in [0.1, 0.15) is 25.5 Å². The number of hydrogen-bond donors (Lipinski definition) is 1. The number of nitrogens with two attached hydrogens (primary N) is 1. The molecular formula is C13H21FN2O. The predicted molar refractivity (Wildman–Crippen MR) is 67.6 cm³/mol. The highest BCUT2D eigenvalue weighted by molar-refractivity contribution is 5.32. The van der Waals surface area contributed by atoms with Crippen LogP contribution in [-0.2, 0) is 0 Å². The quantitative estimate of drug-likeness (QED) is 0.876. The summed E-state index contributed by atoms with van der Waals surface area (Å²) in [7, 11) is 5.36. The standard InChI is InChI=1S/C13H21FN2O/c1-13(2,16(3)4)12(15)9-6-7-11(17-5)10(14)8-9/h6-8,12H,15H2,1-5H3. The van der Waals surface area contributed by atoms with Gasteiger partial charge in [0.05, 0.1) is 7.11 Å². The molecule has 0 saturated carbocycles. The number of nitrogens with zero attached hydrogens (tertiary/aromatic N) is 1. The van der Waals surface area contributed by atoms with Gasteiger partial charge in [0.2, 0.25) is 0 Å². The second-order valence-corrected chi connectivity index (χ2v) is 4.92. The Bertz CT molecular complexity index is 391. The third kappa shape index (κ3) is 2.76. The number of halogens is 1. The molecule has 96 valence electrons. The SMILES string of the molecule is COc1ccc(C(N)C(C)(C)N(C)C)cc1F. The average molecular weight is 240 g/mol. The Morgan fingerprint density at radius 1 is 1.35 bits per heavy atom. The second kappa shape index (κ2) is 5.02. The van der Waals surface area contributed by atoms with Crippen LogP contribution in [0.5, 0.6) is 5.75 Å². The first-order chi connectivity index (χ1) is 7.80. The Balaban J connectivity index is 3.05. The second-order valence-electron chi connectivity index (χ2n) is 4.92. The summed E-state index contributed by atoms with van der Waals surface area (Å²) in [6.45, 7) is 4.06. The maximum Gasteiger partial charge on any atom is 0.165 e. The fourth-order valence-corrected chi connectivity index (χ4v) is 1.56. The van der Waals surface area contributed by atoms with Crippen molar-refractivity contribution in [2.75, 3.05) is 21.2 Å². The Labute approximate surface area is 102 Å². The van der Waals surface area contributed by atoms with E-state index < -0.39 is 0 Å². The molecule has 0 aliphatic rings. The van der Waals surface area contributed by atoms with Gasteiger partial charge in [-0.3, -0.25) is 0 Å². The van der Waals surface area contributed by atoms with Gasteiger partial charge < -0.3 is 15.4 Å². The van der Waals surface area contributed by atoms with E-state index in [1.165, 1.54) is 13.2 Å². The minimum atomic E-state index is -0.380. The van der Waals surface area contributed by atoms with E-state index >= 15 is 0 Å². The summed E-state index contributed by atoms with van der Waals surface area (Å²) < 4.78 is 18.5. The van der Waals surface area contributed by atoms with Crippen molar-refractivity contribution in [3.05, 3.63) is 29.6 Å². The first-order valence-electron chi connectivity index (χ1n) is 5.57. The highest BCUT2D eigenvalue weighted by Crippen LogP contribution is 2.29. The van der Waals surface area contributed by atoms with E-state index in [0.29, 0.717) is 0 Å². The largest absolute Gasteiger partial charge is 0.494 e. The topological polar surface area (TPSA) is 38.5 Å². The number of benzene rings is 1. The van der Waals surface area contributed by atoms with Crippen LogP contribution in [0.15, 0.2) is 18.2 Å². The molecule has 2 N–H and O–H groups in total. The molecule has 0 fully saturated rings. The van der Waals surface area contributed by atoms with Crippen LogP contribution in [0.3, 0.4) is 0 Å². The van der Waals surface area contributed by atoms with Gasteiger partial charge in [0.25, 0.3) is 0 Å². The molecule has 4 heteroatoms. The minimum Gasteiger partial charge on any atom is -0.494 e. The number of methoxy groups -OCH3 is 1. The van der Waals surface area contributed by atoms with Crippen molar-refractivity contribution in [3.63, 3.8) is 0 Å². The highest BCUT2D eigenvalue weighted by Gasteiger charge is 2.30. The number of ether oxygens (including phenoxy) is 1. The zero-order valence-corrected chi connectivity index (χ0v) is 11.1. The molecule has 17 heavy (non-hydrogen) atoms. The first kappa shape index (κ1) is 13.9. The van der Waals surface area contributed by atoms with E-state index in [9.17, 15) is 4.39 Å². The average Bonchev–Trinajstić information content (AvgIpc) is 2.27. The smallest absolute Gasteiger partial charge is 0.165 e. The van der Waals surface area contributed by atoms with Gasteiger partial charge in [-0.2, -0.15) is 0 Å². The Kier molecular flexibility index (Phi) is 4.11. The van der Waals surface area contributed by atoms with Crippen LogP contribution < -0.4 is 10.5 Å². The summed E-state index contributed by atoms with van der Waals surface area (Å²) in [6.07, 6.45) is 0. The lowest BCUT2D eigenvalue weighted by molar-refractivity contribution is 0.158. The van der Waals surface area contributed by atoms with E-state index in [2.05, 4.69) is 0 Å². The van der Waals surface area contributed by atoms with E-state index in [1.54, 1.807) is 12.1 Å². The van der Waals surface area contributed by atoms with Crippen LogP contribution in [0.25, 0.3) is 0 Å². The molecule has 1 unspecified atom stereocenters. The van der Waals surface area contributed by atoms with Crippen molar-refractivity contribution in [2.45, 2.75) is 25.4 Å². The number of hydrogen-bond acceptors (Lipinski definition) is 3. The molecule has 1 atom stereocenters. The Hall–Kier alpha value is -1.13. The van der Waals surface area contributed by atoms with Crippen molar-refractivity contribution in [3.8, 4) is 5.75 Å². The predicted octanol–water partition coefficient (Wildman–Crippen LogP) is 2.17. The van der Waals surface area contributed by atoms with E-state index in [0.717, 1.165) is 5.56 Å². The summed E-state index contributed by atoms with van der Waals surface area (Å²) in [6, 6.07) is 4.58. The summed E-state index contributed by atoms with van der Waals surface area (Å²) in [5, 5.41) is 0. The molecule has 1 aromatic carbocycles. The maximum atomic E-state index is 13.6. The van der Waals surface area contributed by atoms with Crippen LogP contribution >= 0.6 is 0 Å². The molecule has 0 aliphatic carbocycles. The fourth-order valence-electron chi connectivity index (χ4n) is 1.56. The molecule has 0 saturated heterocycles. The van der Waals surface area contributed by atoms with Gasteiger partial charge in [0.1, 0.15) is 0 Å². The van der Waals surface area contributed by atoms with E-state index in [4.69, 9.17) is 10.5 Å². The van der Waals surface area contributed by atoms with E-state index in [-0.39, 0.29) is 23.1 Å². The van der Waals surface area contributed by atoms with Gasteiger partial charge in [-0.25, -0.2) is 4.39 Å². The minimum absolute atomic E-state index is 0.239. The first-order valence-corrected chi connectivity index (χ1v) is 5.57. The van der Waals surface area contributed by atoms with Crippen LogP contribution in [0.4, 0.5) is 4.39 Å². The molecule has 1 aromatic rings. The van der Waals surface area contributed by atoms with Gasteiger partial charge in [0, 0.05) is 11.6 Å². The Morgan fingerprint density at radius 3 is 2.35 bits per heavy atom. The molecule has 0 aromatic heterocycles. The molecule has 0 spiro atoms. The van der Waals surface area contributed by atoms with E-state index in [1.807, 2.05) is 32.8 Å². The lowest BCUT2D eigenvalue weighted by Crippen LogP contribution is -2.47. The summed E-state index contributed by atoms with van der Waals surface area (Å²) in [5.41, 5.74) is 6.70. The summed E-state index contributed by atoms with van der Waals surface area (Å²) in [5.74, 6) is -0.140. The normalized spacial score (nSPS) is 13.9. The van der Waals surface area contributed by atoms with Crippen molar-refractivity contribution >= 4 is 0 Å². The molecule has 0 radical (unpaired) electrons. The van der Waals surface area contributed by atoms with Gasteiger partial charge in [-0.05, 0) is 45.6 Å². The van der Waals surface area contributed by atoms with Crippen molar-refractivity contribution in [1.29, 1.82) is 0 Å². The third-order valence-corrected chi connectivity index (χ3v) is 3.45. The van der Waals surface area contributed by atoms with Gasteiger partial charge in [-0.15, -0.1) is 0 Å². The molecular weight excluding hydrogens is 219 g/mol. The van der Waals surface area contributed by atoms with Gasteiger partial charge >= 0.3 is 0 Å². The van der Waals surface area contributed by atoms with Gasteiger partial charge in [-0.1, -0.05) is 6.07 Å². The lowest BCUT2D eigenvalue weighted by atomic mass is 9.88. The molecule has 1 rings (SSSR count). The van der Waals surface area contributed by atoms with Crippen LogP contribution in [-0.4, -0.2) is 31.6 Å². The molecule has 3 nitrogen and oxygen atoms in total. The fraction of sp³-hybridized carbons (Fsp3) is 0.538. The number of likely N-dealkylation sites (N-methyl/N-ethyl adjacent to an activating group) is 1. The highest BCUT2D eigenvalue weighted by atomic mass is 19.1. The van der Waals surface area contributed by atoms with Crippen molar-refractivity contribution in [2.24, 2.45) is 5.73 Å². The monoisotopic (exact) mass is 240 g/mol. The van der Waals surface area contributed by atoms with Crippen LogP contribution in [0, 0.1) is 5.82 Å². The molecule has 0 bridgehead atoms. The lowest BCUT2D eigenvalue weighted by Gasteiger charge is -2.38. The summed E-state index contributed by atoms with van der Waals surface area (Å²) in [4.78, 5) is 2.03. The number of rotatable bonds is 4. The molecule has 0 amide bonds. The summed E-state index contributed by atoms with van der Waals surface area (Å²) >= 11 is 0. The Morgan fingerprint density at radius 2 is 1.94 bits per heavy atom. The van der Waals surface area contributed by atoms with Gasteiger partial charge in [0.15, 0.2) is 11.6 Å². The zero-order chi connectivity index (χ0) is 13.2. The van der Waals surface area contributed by atoms with Crippen LogP contribution in [0.2, 0.25) is 0 Å². The van der Waals surface area contributed by atoms with Crippen molar-refractivity contribution < 1.29 is 9.13 Å². The third-order valence-electron chi connectivity index (χ3n) is 3.45. The molecule has 0 heterocycles. The maximum absolute atomic E-state index is 13.6. The zero-order valence-electron chi connectivity index (χ0n) is 11.1. The van der Waals surface area contributed by atoms with Crippen molar-refractivity contribution in [1.82, 2.24) is 4.90 Å². The molecule has 0 aliphatic heterocycles.